The minimum atomic E-state index is -3.15. The molecule has 2 unspecified atom stereocenters. The predicted molar refractivity (Wildman–Crippen MR) is 230 cm³/mol. The van der Waals surface area contributed by atoms with E-state index >= 15 is 0 Å². The number of hydrogen-bond acceptors (Lipinski definition) is 1. The van der Waals surface area contributed by atoms with Gasteiger partial charge in [-0.3, -0.25) is 0 Å². The summed E-state index contributed by atoms with van der Waals surface area (Å²) in [7, 11) is -6.31. The van der Waals surface area contributed by atoms with Crippen LogP contribution in [-0.2, 0) is 17.0 Å². The molecule has 0 bridgehead atoms. The first kappa shape index (κ1) is 37.4. The molecule has 6 rings (SSSR count). The zero-order chi connectivity index (χ0) is 36.3. The molecule has 0 aromatic heterocycles. The van der Waals surface area contributed by atoms with E-state index < -0.39 is 16.6 Å². The zero-order valence-electron chi connectivity index (χ0n) is 30.6. The van der Waals surface area contributed by atoms with Crippen molar-refractivity contribution >= 4 is 69.2 Å². The van der Waals surface area contributed by atoms with E-state index in [0.717, 1.165) is 21.8 Å². The maximum atomic E-state index is 8.76. The zero-order valence-corrected chi connectivity index (χ0v) is 35.8. The van der Waals surface area contributed by atoms with Gasteiger partial charge in [0.15, 0.2) is 0 Å². The van der Waals surface area contributed by atoms with E-state index in [9.17, 15) is 0 Å². The molecule has 0 radical (unpaired) electrons. The van der Waals surface area contributed by atoms with E-state index in [1.807, 2.05) is 0 Å². The Hall–Kier alpha value is -3.33. The van der Waals surface area contributed by atoms with E-state index in [0.29, 0.717) is 0 Å². The van der Waals surface area contributed by atoms with Crippen LogP contribution in [0.25, 0.3) is 0 Å². The van der Waals surface area contributed by atoms with Gasteiger partial charge in [0.1, 0.15) is 0 Å². The summed E-state index contributed by atoms with van der Waals surface area (Å²) in [6.07, 6.45) is 1.65. The molecule has 0 saturated heterocycles. The average Bonchev–Trinajstić information content (AvgIpc) is 3.10. The molecule has 0 N–H and O–H groups in total. The molecule has 0 spiro atoms. The molecule has 1 nitrogen and oxygen atoms in total. The third-order valence-electron chi connectivity index (χ3n) is 10.1. The van der Waals surface area contributed by atoms with Crippen LogP contribution >= 0.6 is 31.9 Å². The van der Waals surface area contributed by atoms with Crippen LogP contribution in [0.2, 0.25) is 10.1 Å². The summed E-state index contributed by atoms with van der Waals surface area (Å²) in [5.41, 5.74) is 5.22. The van der Waals surface area contributed by atoms with E-state index in [1.54, 1.807) is 0 Å². The molecule has 51 heavy (non-hydrogen) atoms. The van der Waals surface area contributed by atoms with Crippen molar-refractivity contribution in [3.63, 3.8) is 0 Å². The maximum Gasteiger partial charge on any atom is 0.251 e. The lowest BCUT2D eigenvalue weighted by atomic mass is 10.1. The molecule has 6 aromatic rings. The Morgan fingerprint density at radius 2 is 0.784 bits per heavy atom. The molecular weight excluding hydrogens is 784 g/mol. The SMILES string of the molecule is CC(C)(C)[Si](O[Si](c1ccccc1)(c1ccccc1Cc1cccc(Br)c1)C(C)(C)C)(c1ccccc1)c1ccccc1Cc1cccc(Br)c1. The summed E-state index contributed by atoms with van der Waals surface area (Å²) in [6, 6.07) is 58.2. The standard InChI is InChI=1S/C46H48Br2OSi2/c1-45(2,3)50(41-25-9-7-10-26-41,43-29-15-13-21-37(43)31-35-19-17-23-39(47)33-35)49-51(46(4,5)6,42-27-11-8-12-28-42)44-30-16-14-22-38(44)32-36-20-18-24-40(48)34-36/h7-30,33-34H,31-32H2,1-6H3. The Kier molecular flexibility index (Phi) is 11.3. The van der Waals surface area contributed by atoms with Gasteiger partial charge >= 0.3 is 0 Å². The van der Waals surface area contributed by atoms with Gasteiger partial charge in [0.05, 0.1) is 0 Å². The van der Waals surface area contributed by atoms with E-state index in [4.69, 9.17) is 4.12 Å². The predicted octanol–water partition coefficient (Wildman–Crippen LogP) is 10.8. The first-order chi connectivity index (χ1) is 24.3. The summed E-state index contributed by atoms with van der Waals surface area (Å²) < 4.78 is 11.0. The summed E-state index contributed by atoms with van der Waals surface area (Å²) >= 11 is 7.47. The Morgan fingerprint density at radius 1 is 0.431 bits per heavy atom. The third kappa shape index (κ3) is 7.60. The molecule has 0 aliphatic rings. The number of benzene rings is 6. The molecule has 6 aromatic carbocycles. The van der Waals surface area contributed by atoms with Crippen molar-refractivity contribution in [2.45, 2.75) is 64.5 Å². The van der Waals surface area contributed by atoms with E-state index in [1.165, 1.54) is 43.0 Å². The number of halogens is 2. The van der Waals surface area contributed by atoms with Crippen LogP contribution in [0.5, 0.6) is 0 Å². The van der Waals surface area contributed by atoms with Crippen LogP contribution in [0, 0.1) is 0 Å². The Balaban J connectivity index is 1.70. The van der Waals surface area contributed by atoms with Gasteiger partial charge in [-0.2, -0.15) is 0 Å². The van der Waals surface area contributed by atoms with Gasteiger partial charge in [-0.05, 0) is 90.2 Å². The molecule has 0 aliphatic heterocycles. The van der Waals surface area contributed by atoms with Crippen molar-refractivity contribution in [1.82, 2.24) is 0 Å². The van der Waals surface area contributed by atoms with E-state index in [-0.39, 0.29) is 10.1 Å². The highest BCUT2D eigenvalue weighted by molar-refractivity contribution is 9.10. The lowest BCUT2D eigenvalue weighted by molar-refractivity contribution is 0.474. The smallest absolute Gasteiger partial charge is 0.251 e. The third-order valence-corrected chi connectivity index (χ3v) is 22.6. The van der Waals surface area contributed by atoms with Crippen LogP contribution in [0.1, 0.15) is 63.8 Å². The molecule has 5 heteroatoms. The van der Waals surface area contributed by atoms with Crippen LogP contribution in [0.3, 0.4) is 0 Å². The van der Waals surface area contributed by atoms with Gasteiger partial charge in [-0.15, -0.1) is 0 Å². The lowest BCUT2D eigenvalue weighted by Gasteiger charge is -2.54. The molecule has 0 heterocycles. The van der Waals surface area contributed by atoms with Gasteiger partial charge in [0.2, 0.25) is 0 Å². The first-order valence-electron chi connectivity index (χ1n) is 17.8. The fourth-order valence-electron chi connectivity index (χ4n) is 7.86. The van der Waals surface area contributed by atoms with Crippen molar-refractivity contribution in [3.05, 3.63) is 189 Å². The van der Waals surface area contributed by atoms with Crippen molar-refractivity contribution in [3.8, 4) is 0 Å². The van der Waals surface area contributed by atoms with Crippen molar-refractivity contribution in [2.24, 2.45) is 0 Å². The topological polar surface area (TPSA) is 9.23 Å². The second-order valence-electron chi connectivity index (χ2n) is 15.6. The molecule has 0 fully saturated rings. The minimum absolute atomic E-state index is 0.223. The molecule has 0 amide bonds. The number of rotatable bonds is 10. The minimum Gasteiger partial charge on any atom is -0.441 e. The molecule has 0 saturated carbocycles. The summed E-state index contributed by atoms with van der Waals surface area (Å²) in [6.45, 7) is 14.5. The average molecular weight is 833 g/mol. The van der Waals surface area contributed by atoms with Crippen molar-refractivity contribution in [1.29, 1.82) is 0 Å². The van der Waals surface area contributed by atoms with Gasteiger partial charge < -0.3 is 4.12 Å². The van der Waals surface area contributed by atoms with Crippen molar-refractivity contribution in [2.75, 3.05) is 0 Å². The van der Waals surface area contributed by atoms with Gasteiger partial charge in [0, 0.05) is 8.95 Å². The Bertz CT molecular complexity index is 1930. The van der Waals surface area contributed by atoms with Crippen LogP contribution < -0.4 is 20.7 Å². The fraction of sp³-hybridized carbons (Fsp3) is 0.217. The molecule has 0 aliphatic carbocycles. The molecule has 260 valence electrons. The van der Waals surface area contributed by atoms with Crippen LogP contribution in [0.4, 0.5) is 0 Å². The van der Waals surface area contributed by atoms with Gasteiger partial charge in [-0.1, -0.05) is 207 Å². The monoisotopic (exact) mass is 830 g/mol. The summed E-state index contributed by atoms with van der Waals surface area (Å²) in [5, 5.41) is 4.87. The number of hydrogen-bond donors (Lipinski definition) is 0. The van der Waals surface area contributed by atoms with Crippen molar-refractivity contribution < 1.29 is 4.12 Å². The Labute approximate surface area is 324 Å². The highest BCUT2D eigenvalue weighted by Gasteiger charge is 2.61. The fourth-order valence-corrected chi connectivity index (χ4v) is 22.1. The van der Waals surface area contributed by atoms with Gasteiger partial charge in [-0.25, -0.2) is 0 Å². The normalized spacial score (nSPS) is 14.4. The van der Waals surface area contributed by atoms with E-state index in [2.05, 4.69) is 231 Å². The second-order valence-corrected chi connectivity index (χ2v) is 26.2. The molecule has 2 atom stereocenters. The van der Waals surface area contributed by atoms with Crippen LogP contribution in [-0.4, -0.2) is 16.6 Å². The summed E-state index contributed by atoms with van der Waals surface area (Å²) in [5.74, 6) is 0. The van der Waals surface area contributed by atoms with Crippen LogP contribution in [0.15, 0.2) is 167 Å². The summed E-state index contributed by atoms with van der Waals surface area (Å²) in [4.78, 5) is 0. The lowest BCUT2D eigenvalue weighted by Crippen LogP contribution is -2.78. The maximum absolute atomic E-state index is 8.76. The first-order valence-corrected chi connectivity index (χ1v) is 23.2. The molecular formula is C46H48Br2OSi2. The highest BCUT2D eigenvalue weighted by Crippen LogP contribution is 2.45. The largest absolute Gasteiger partial charge is 0.441 e. The van der Waals surface area contributed by atoms with Gasteiger partial charge in [0.25, 0.3) is 16.6 Å². The quantitative estimate of drug-likeness (QED) is 0.125. The second kappa shape index (κ2) is 15.3. The highest BCUT2D eigenvalue weighted by atomic mass is 79.9. The Morgan fingerprint density at radius 3 is 1.14 bits per heavy atom.